The first kappa shape index (κ1) is 31.2. The second-order valence-corrected chi connectivity index (χ2v) is 15.6. The lowest BCUT2D eigenvalue weighted by Gasteiger charge is -2.27. The van der Waals surface area contributed by atoms with E-state index in [0.717, 1.165) is 55.6 Å². The van der Waals surface area contributed by atoms with Gasteiger partial charge >= 0.3 is 0 Å². The van der Waals surface area contributed by atoms with Gasteiger partial charge in [0.2, 0.25) is 0 Å². The molecular weight excluding hydrogens is 701 g/mol. The Morgan fingerprint density at radius 2 is 1.05 bits per heavy atom. The minimum atomic E-state index is 0.863. The minimum Gasteiger partial charge on any atom is -0.453 e. The molecule has 9 aromatic carbocycles. The van der Waals surface area contributed by atoms with Crippen LogP contribution in [0.25, 0.3) is 91.5 Å². The average Bonchev–Trinajstić information content (AvgIpc) is 3.94. The van der Waals surface area contributed by atoms with Crippen molar-refractivity contribution in [3.63, 3.8) is 0 Å². The number of aromatic nitrogens is 1. The van der Waals surface area contributed by atoms with Crippen molar-refractivity contribution in [2.24, 2.45) is 0 Å². The Balaban J connectivity index is 1.11. The zero-order valence-electron chi connectivity index (χ0n) is 30.2. The Labute approximate surface area is 326 Å². The Hall–Kier alpha value is -7.14. The summed E-state index contributed by atoms with van der Waals surface area (Å²) in [7, 11) is 0. The van der Waals surface area contributed by atoms with Crippen LogP contribution in [0.5, 0.6) is 0 Å². The van der Waals surface area contributed by atoms with E-state index in [4.69, 9.17) is 4.42 Å². The van der Waals surface area contributed by atoms with Crippen molar-refractivity contribution in [3.8, 4) is 16.8 Å². The summed E-state index contributed by atoms with van der Waals surface area (Å²) >= 11 is 1.86. The highest BCUT2D eigenvalue weighted by Crippen LogP contribution is 2.48. The first-order chi connectivity index (χ1) is 27.8. The first-order valence-electron chi connectivity index (χ1n) is 19.0. The number of thiophene rings is 1. The maximum absolute atomic E-state index is 7.01. The lowest BCUT2D eigenvalue weighted by molar-refractivity contribution is 0.673. The van der Waals surface area contributed by atoms with Crippen LogP contribution in [0.2, 0.25) is 0 Å². The number of benzene rings is 9. The largest absolute Gasteiger partial charge is 0.453 e. The molecule has 3 nitrogen and oxygen atoms in total. The molecule has 0 spiro atoms. The molecule has 0 saturated heterocycles. The van der Waals surface area contributed by atoms with E-state index in [2.05, 4.69) is 204 Å². The van der Waals surface area contributed by atoms with E-state index in [0.29, 0.717) is 0 Å². The fraction of sp³-hybridized carbons (Fsp3) is 0. The van der Waals surface area contributed by atoms with Crippen LogP contribution >= 0.6 is 11.3 Å². The molecule has 4 heteroatoms. The Morgan fingerprint density at radius 3 is 1.95 bits per heavy atom. The molecule has 0 aliphatic carbocycles. The van der Waals surface area contributed by atoms with Gasteiger partial charge in [-0.25, -0.2) is 0 Å². The van der Waals surface area contributed by atoms with Crippen LogP contribution in [-0.2, 0) is 0 Å². The maximum atomic E-state index is 7.01. The molecule has 0 fully saturated rings. The van der Waals surface area contributed by atoms with Crippen LogP contribution in [0, 0.1) is 0 Å². The molecule has 3 heterocycles. The van der Waals surface area contributed by atoms with Crippen LogP contribution in [0.3, 0.4) is 0 Å². The van der Waals surface area contributed by atoms with E-state index in [1.165, 1.54) is 53.0 Å². The van der Waals surface area contributed by atoms with E-state index >= 15 is 0 Å². The van der Waals surface area contributed by atoms with Crippen LogP contribution < -0.4 is 4.90 Å². The predicted molar refractivity (Wildman–Crippen MR) is 239 cm³/mol. The summed E-state index contributed by atoms with van der Waals surface area (Å²) < 4.78 is 12.0. The molecule has 0 aliphatic heterocycles. The minimum absolute atomic E-state index is 0.863. The van der Waals surface area contributed by atoms with E-state index in [1.54, 1.807) is 0 Å². The Kier molecular flexibility index (Phi) is 6.80. The van der Waals surface area contributed by atoms with Gasteiger partial charge in [0.25, 0.3) is 0 Å². The lowest BCUT2D eigenvalue weighted by atomic mass is 10.0. The normalized spacial score (nSPS) is 11.9. The quantitative estimate of drug-likeness (QED) is 0.176. The highest BCUT2D eigenvalue weighted by molar-refractivity contribution is 7.25. The summed E-state index contributed by atoms with van der Waals surface area (Å²) in [4.78, 5) is 2.40. The molecule has 0 bridgehead atoms. The zero-order chi connectivity index (χ0) is 36.7. The second kappa shape index (κ2) is 12.2. The van der Waals surface area contributed by atoms with Gasteiger partial charge in [-0.1, -0.05) is 127 Å². The third-order valence-corrected chi connectivity index (χ3v) is 12.5. The number of nitrogens with zero attached hydrogens (tertiary/aromatic N) is 2. The van der Waals surface area contributed by atoms with Crippen molar-refractivity contribution in [1.82, 2.24) is 4.57 Å². The summed E-state index contributed by atoms with van der Waals surface area (Å²) in [5, 5.41) is 9.51. The molecule has 0 unspecified atom stereocenters. The number of anilines is 3. The molecule has 0 N–H and O–H groups in total. The van der Waals surface area contributed by atoms with Crippen LogP contribution in [0.15, 0.2) is 199 Å². The molecule has 12 aromatic rings. The topological polar surface area (TPSA) is 21.3 Å². The number of furan rings is 1. The van der Waals surface area contributed by atoms with Gasteiger partial charge in [0, 0.05) is 58.5 Å². The highest BCUT2D eigenvalue weighted by atomic mass is 32.1. The van der Waals surface area contributed by atoms with Gasteiger partial charge in [-0.2, -0.15) is 0 Å². The molecule has 0 amide bonds. The van der Waals surface area contributed by atoms with Gasteiger partial charge in [-0.15, -0.1) is 11.3 Å². The van der Waals surface area contributed by atoms with Crippen molar-refractivity contribution in [2.75, 3.05) is 4.90 Å². The van der Waals surface area contributed by atoms with Crippen molar-refractivity contribution in [3.05, 3.63) is 194 Å². The number of fused-ring (bicyclic) bond motifs is 11. The van der Waals surface area contributed by atoms with Crippen LogP contribution in [0.1, 0.15) is 0 Å². The van der Waals surface area contributed by atoms with Gasteiger partial charge in [-0.05, 0) is 83.2 Å². The Bertz CT molecular complexity index is 3480. The molecule has 56 heavy (non-hydrogen) atoms. The van der Waals surface area contributed by atoms with Gasteiger partial charge in [0.1, 0.15) is 5.58 Å². The van der Waals surface area contributed by atoms with E-state index < -0.39 is 0 Å². The number of rotatable bonds is 5. The second-order valence-electron chi connectivity index (χ2n) is 14.5. The van der Waals surface area contributed by atoms with Gasteiger partial charge < -0.3 is 13.9 Å². The summed E-state index contributed by atoms with van der Waals surface area (Å²) in [6.07, 6.45) is 0. The first-order valence-corrected chi connectivity index (χ1v) is 19.8. The average molecular weight is 733 g/mol. The van der Waals surface area contributed by atoms with Gasteiger partial charge in [0.15, 0.2) is 5.58 Å². The highest BCUT2D eigenvalue weighted by Gasteiger charge is 2.24. The Morgan fingerprint density at radius 1 is 0.411 bits per heavy atom. The third-order valence-electron chi connectivity index (χ3n) is 11.4. The molecule has 0 aliphatic rings. The van der Waals surface area contributed by atoms with Crippen molar-refractivity contribution in [1.29, 1.82) is 0 Å². The van der Waals surface area contributed by atoms with E-state index in [9.17, 15) is 0 Å². The van der Waals surface area contributed by atoms with Crippen LogP contribution in [0.4, 0.5) is 17.1 Å². The molecule has 12 rings (SSSR count). The van der Waals surface area contributed by atoms with Crippen molar-refractivity contribution < 1.29 is 4.42 Å². The molecule has 3 aromatic heterocycles. The van der Waals surface area contributed by atoms with Gasteiger partial charge in [0.05, 0.1) is 22.4 Å². The monoisotopic (exact) mass is 732 g/mol. The molecule has 0 radical (unpaired) electrons. The summed E-state index contributed by atoms with van der Waals surface area (Å²) in [5.74, 6) is 0. The number of hydrogen-bond acceptors (Lipinski definition) is 3. The SMILES string of the molecule is c1ccc(-n2c3ccccc3c3c(N(c4ccc(-c5ccc6c(c5)sc5ccccc56)cc4)c4cccc5c4oc4c6ccccc6ccc54)cccc32)cc1. The fourth-order valence-electron chi connectivity index (χ4n) is 8.85. The molecule has 0 saturated carbocycles. The summed E-state index contributed by atoms with van der Waals surface area (Å²) in [6.45, 7) is 0. The molecule has 0 atom stereocenters. The van der Waals surface area contributed by atoms with Crippen molar-refractivity contribution in [2.45, 2.75) is 0 Å². The van der Waals surface area contributed by atoms with E-state index in [1.807, 2.05) is 11.3 Å². The molecule has 262 valence electrons. The lowest BCUT2D eigenvalue weighted by Crippen LogP contribution is -2.10. The number of hydrogen-bond donors (Lipinski definition) is 0. The predicted octanol–water partition coefficient (Wildman–Crippen LogP) is 15.3. The summed E-state index contributed by atoms with van der Waals surface area (Å²) in [6, 6.07) is 70.1. The van der Waals surface area contributed by atoms with E-state index in [-0.39, 0.29) is 0 Å². The maximum Gasteiger partial charge on any atom is 0.159 e. The number of para-hydroxylation sites is 3. The molecular formula is C52H32N2OS. The van der Waals surface area contributed by atoms with Gasteiger partial charge in [-0.3, -0.25) is 0 Å². The standard InChI is InChI=1S/C52H32N2OS/c1-2-13-36(14-3-1)53-44-19-8-6-17-43(44)50-45(53)20-11-21-46(50)54(47-22-10-18-41-42-31-26-34-12-4-5-15-38(34)51(42)55-52(41)47)37-28-24-33(25-29-37)35-27-30-40-39-16-7-9-23-48(39)56-49(40)32-35/h1-32H. The summed E-state index contributed by atoms with van der Waals surface area (Å²) in [5.41, 5.74) is 10.8. The van der Waals surface area contributed by atoms with Crippen LogP contribution in [-0.4, -0.2) is 4.57 Å². The smallest absolute Gasteiger partial charge is 0.159 e. The third kappa shape index (κ3) is 4.63. The fourth-order valence-corrected chi connectivity index (χ4v) is 9.99. The zero-order valence-corrected chi connectivity index (χ0v) is 31.0. The van der Waals surface area contributed by atoms with Crippen molar-refractivity contribution >= 4 is 103 Å².